The van der Waals surface area contributed by atoms with Crippen LogP contribution in [0.3, 0.4) is 0 Å². The first-order valence-corrected chi connectivity index (χ1v) is 9.80. The normalized spacial score (nSPS) is 18.2. The molecule has 0 saturated carbocycles. The highest BCUT2D eigenvalue weighted by molar-refractivity contribution is 6.08. The minimum absolute atomic E-state index is 0.0718. The molecule has 2 aromatic rings. The van der Waals surface area contributed by atoms with Crippen molar-refractivity contribution >= 4 is 17.5 Å². The number of benzene rings is 2. The van der Waals surface area contributed by atoms with Gasteiger partial charge in [0.25, 0.3) is 0 Å². The van der Waals surface area contributed by atoms with Gasteiger partial charge in [-0.05, 0) is 37.1 Å². The Morgan fingerprint density at radius 1 is 1.11 bits per heavy atom. The lowest BCUT2D eigenvalue weighted by molar-refractivity contribution is -0.130. The van der Waals surface area contributed by atoms with Crippen LogP contribution in [0.1, 0.15) is 24.0 Å². The lowest BCUT2D eigenvalue weighted by Crippen LogP contribution is -2.42. The Morgan fingerprint density at radius 3 is 2.50 bits per heavy atom. The van der Waals surface area contributed by atoms with Gasteiger partial charge in [0.05, 0.1) is 5.41 Å². The summed E-state index contributed by atoms with van der Waals surface area (Å²) < 4.78 is 0. The maximum Gasteiger partial charge on any atom is 0.237 e. The molecule has 148 valence electrons. The van der Waals surface area contributed by atoms with E-state index in [0.717, 1.165) is 23.4 Å². The zero-order chi connectivity index (χ0) is 20.1. The van der Waals surface area contributed by atoms with Crippen molar-refractivity contribution in [3.05, 3.63) is 65.7 Å². The summed E-state index contributed by atoms with van der Waals surface area (Å²) in [5.74, 6) is 0.144. The van der Waals surface area contributed by atoms with E-state index in [1.165, 1.54) is 0 Å². The minimum atomic E-state index is -0.702. The second kappa shape index (κ2) is 8.57. The van der Waals surface area contributed by atoms with Crippen LogP contribution in [0.5, 0.6) is 0 Å². The van der Waals surface area contributed by atoms with Gasteiger partial charge in [-0.15, -0.1) is 0 Å². The molecular formula is C23H29N3O2. The fourth-order valence-corrected chi connectivity index (χ4v) is 4.08. The molecule has 1 aliphatic heterocycles. The van der Waals surface area contributed by atoms with Crippen molar-refractivity contribution in [1.29, 1.82) is 0 Å². The molecule has 0 unspecified atom stereocenters. The number of nitrogens with zero attached hydrogens (tertiary/aromatic N) is 2. The molecule has 5 heteroatoms. The van der Waals surface area contributed by atoms with Crippen molar-refractivity contribution in [3.63, 3.8) is 0 Å². The molecule has 28 heavy (non-hydrogen) atoms. The van der Waals surface area contributed by atoms with E-state index < -0.39 is 5.41 Å². The first-order chi connectivity index (χ1) is 13.5. The zero-order valence-electron chi connectivity index (χ0n) is 16.9. The first-order valence-electron chi connectivity index (χ1n) is 9.80. The van der Waals surface area contributed by atoms with Crippen LogP contribution < -0.4 is 10.2 Å². The topological polar surface area (TPSA) is 52.7 Å². The summed E-state index contributed by atoms with van der Waals surface area (Å²) in [7, 11) is 5.52. The Balaban J connectivity index is 1.91. The Labute approximate surface area is 167 Å². The third-order valence-electron chi connectivity index (χ3n) is 5.73. The number of amides is 2. The van der Waals surface area contributed by atoms with Gasteiger partial charge in [0.15, 0.2) is 0 Å². The van der Waals surface area contributed by atoms with Crippen LogP contribution in [0.4, 0.5) is 5.69 Å². The van der Waals surface area contributed by atoms with Gasteiger partial charge in [0, 0.05) is 39.3 Å². The molecule has 1 N–H and O–H groups in total. The number of carbonyl (C=O) groups is 2. The number of carbonyl (C=O) groups excluding carboxylic acids is 2. The van der Waals surface area contributed by atoms with E-state index in [2.05, 4.69) is 17.4 Å². The Hall–Kier alpha value is -2.66. The Bertz CT molecular complexity index is 837. The molecule has 0 radical (unpaired) electrons. The molecule has 3 rings (SSSR count). The van der Waals surface area contributed by atoms with Crippen LogP contribution in [0.15, 0.2) is 54.6 Å². The summed E-state index contributed by atoms with van der Waals surface area (Å²) in [5, 5.41) is 3.06. The molecule has 1 heterocycles. The SMILES string of the molecule is CNCCN(C)C(=O)CC[C@]1(Cc2ccccc2)C(=O)N(C)c2ccccc21. The van der Waals surface area contributed by atoms with E-state index in [0.29, 0.717) is 25.8 Å². The van der Waals surface area contributed by atoms with Crippen LogP contribution >= 0.6 is 0 Å². The predicted molar refractivity (Wildman–Crippen MR) is 112 cm³/mol. The number of likely N-dealkylation sites (N-methyl/N-ethyl adjacent to an activating group) is 3. The van der Waals surface area contributed by atoms with Crippen molar-refractivity contribution in [3.8, 4) is 0 Å². The number of anilines is 1. The monoisotopic (exact) mass is 379 g/mol. The van der Waals surface area contributed by atoms with E-state index in [4.69, 9.17) is 0 Å². The third-order valence-corrected chi connectivity index (χ3v) is 5.73. The molecule has 0 saturated heterocycles. The van der Waals surface area contributed by atoms with Crippen LogP contribution in [0.2, 0.25) is 0 Å². The van der Waals surface area contributed by atoms with E-state index in [9.17, 15) is 9.59 Å². The number of hydrogen-bond acceptors (Lipinski definition) is 3. The second-order valence-electron chi connectivity index (χ2n) is 7.54. The van der Waals surface area contributed by atoms with E-state index in [1.54, 1.807) is 9.80 Å². The average Bonchev–Trinajstić information content (AvgIpc) is 2.93. The molecule has 0 spiro atoms. The standard InChI is InChI=1S/C23H29N3O2/c1-24-15-16-25(2)21(27)13-14-23(17-18-9-5-4-6-10-18)19-11-7-8-12-20(19)26(3)22(23)28/h4-12,24H,13-17H2,1-3H3/t23-/m1/s1. The van der Waals surface area contributed by atoms with Gasteiger partial charge in [0.1, 0.15) is 0 Å². The van der Waals surface area contributed by atoms with E-state index in [1.807, 2.05) is 63.6 Å². The lowest BCUT2D eigenvalue weighted by atomic mass is 9.73. The number of para-hydroxylation sites is 1. The third kappa shape index (κ3) is 3.80. The highest BCUT2D eigenvalue weighted by atomic mass is 16.2. The van der Waals surface area contributed by atoms with Gasteiger partial charge in [0.2, 0.25) is 11.8 Å². The fraction of sp³-hybridized carbons (Fsp3) is 0.391. The molecule has 2 aromatic carbocycles. The van der Waals surface area contributed by atoms with Gasteiger partial charge in [-0.2, -0.15) is 0 Å². The molecule has 0 bridgehead atoms. The number of hydrogen-bond donors (Lipinski definition) is 1. The average molecular weight is 380 g/mol. The minimum Gasteiger partial charge on any atom is -0.344 e. The summed E-state index contributed by atoms with van der Waals surface area (Å²) >= 11 is 0. The smallest absolute Gasteiger partial charge is 0.237 e. The van der Waals surface area contributed by atoms with Crippen molar-refractivity contribution in [2.45, 2.75) is 24.7 Å². The maximum atomic E-state index is 13.4. The summed E-state index contributed by atoms with van der Waals surface area (Å²) in [5.41, 5.74) is 2.38. The molecule has 5 nitrogen and oxygen atoms in total. The van der Waals surface area contributed by atoms with Crippen molar-refractivity contribution in [2.75, 3.05) is 39.1 Å². The molecule has 1 aliphatic rings. The van der Waals surface area contributed by atoms with E-state index in [-0.39, 0.29) is 11.8 Å². The Kier molecular flexibility index (Phi) is 6.15. The summed E-state index contributed by atoms with van der Waals surface area (Å²) in [6.07, 6.45) is 1.45. The van der Waals surface area contributed by atoms with Crippen LogP contribution in [0.25, 0.3) is 0 Å². The molecule has 2 amide bonds. The van der Waals surface area contributed by atoms with Crippen LogP contribution in [-0.4, -0.2) is 50.9 Å². The second-order valence-corrected chi connectivity index (χ2v) is 7.54. The highest BCUT2D eigenvalue weighted by Crippen LogP contribution is 2.46. The first kappa shape index (κ1) is 20.1. The molecule has 0 aliphatic carbocycles. The summed E-state index contributed by atoms with van der Waals surface area (Å²) in [4.78, 5) is 29.6. The van der Waals surface area contributed by atoms with Gasteiger partial charge < -0.3 is 15.1 Å². The molecule has 0 aromatic heterocycles. The Morgan fingerprint density at radius 2 is 1.79 bits per heavy atom. The van der Waals surface area contributed by atoms with Crippen molar-refractivity contribution < 1.29 is 9.59 Å². The fourth-order valence-electron chi connectivity index (χ4n) is 4.08. The number of nitrogens with one attached hydrogen (secondary N) is 1. The zero-order valence-corrected chi connectivity index (χ0v) is 16.9. The lowest BCUT2D eigenvalue weighted by Gasteiger charge is -2.29. The van der Waals surface area contributed by atoms with Crippen molar-refractivity contribution in [2.24, 2.45) is 0 Å². The molecular weight excluding hydrogens is 350 g/mol. The predicted octanol–water partition coefficient (Wildman–Crippen LogP) is 2.60. The summed E-state index contributed by atoms with van der Waals surface area (Å²) in [6, 6.07) is 18.0. The van der Waals surface area contributed by atoms with Crippen LogP contribution in [-0.2, 0) is 21.4 Å². The van der Waals surface area contributed by atoms with Gasteiger partial charge in [-0.25, -0.2) is 0 Å². The van der Waals surface area contributed by atoms with Crippen LogP contribution in [0, 0.1) is 0 Å². The number of rotatable bonds is 8. The highest BCUT2D eigenvalue weighted by Gasteiger charge is 2.49. The van der Waals surface area contributed by atoms with Gasteiger partial charge in [-0.1, -0.05) is 48.5 Å². The largest absolute Gasteiger partial charge is 0.344 e. The van der Waals surface area contributed by atoms with E-state index >= 15 is 0 Å². The maximum absolute atomic E-state index is 13.4. The number of fused-ring (bicyclic) bond motifs is 1. The van der Waals surface area contributed by atoms with Gasteiger partial charge >= 0.3 is 0 Å². The molecule has 0 fully saturated rings. The van der Waals surface area contributed by atoms with Gasteiger partial charge in [-0.3, -0.25) is 9.59 Å². The summed E-state index contributed by atoms with van der Waals surface area (Å²) in [6.45, 7) is 1.41. The quantitative estimate of drug-likeness (QED) is 0.767. The molecule has 1 atom stereocenters. The van der Waals surface area contributed by atoms with Crippen molar-refractivity contribution in [1.82, 2.24) is 10.2 Å².